The first kappa shape index (κ1) is 15.0. The van der Waals surface area contributed by atoms with Gasteiger partial charge in [-0.05, 0) is 39.0 Å². The van der Waals surface area contributed by atoms with Crippen LogP contribution in [0.5, 0.6) is 0 Å². The topological polar surface area (TPSA) is 81.2 Å². The van der Waals surface area contributed by atoms with Crippen molar-refractivity contribution in [3.8, 4) is 11.5 Å². The molecule has 2 aromatic heterocycles. The van der Waals surface area contributed by atoms with Crippen molar-refractivity contribution in [3.63, 3.8) is 0 Å². The van der Waals surface area contributed by atoms with E-state index in [2.05, 4.69) is 15.5 Å². The highest BCUT2D eigenvalue weighted by Gasteiger charge is 2.17. The van der Waals surface area contributed by atoms with Gasteiger partial charge in [0.2, 0.25) is 0 Å². The fraction of sp³-hybridized carbons (Fsp3) is 0.235. The Morgan fingerprint density at radius 2 is 2.00 bits per heavy atom. The van der Waals surface area contributed by atoms with E-state index in [0.29, 0.717) is 29.4 Å². The number of benzene rings is 1. The van der Waals surface area contributed by atoms with Crippen molar-refractivity contribution in [2.75, 3.05) is 0 Å². The van der Waals surface area contributed by atoms with Crippen molar-refractivity contribution in [1.29, 1.82) is 0 Å². The van der Waals surface area contributed by atoms with E-state index >= 15 is 0 Å². The van der Waals surface area contributed by atoms with Gasteiger partial charge in [-0.15, -0.1) is 0 Å². The van der Waals surface area contributed by atoms with Gasteiger partial charge in [-0.3, -0.25) is 4.79 Å². The van der Waals surface area contributed by atoms with Crippen LogP contribution >= 0.6 is 0 Å². The molecule has 0 aliphatic rings. The number of hydrogen-bond donors (Lipinski definition) is 1. The maximum atomic E-state index is 12.5. The Balaban J connectivity index is 1.81. The maximum Gasteiger partial charge on any atom is 0.258 e. The summed E-state index contributed by atoms with van der Waals surface area (Å²) in [4.78, 5) is 16.7. The summed E-state index contributed by atoms with van der Waals surface area (Å²) in [5.41, 5.74) is 2.07. The number of aryl methyl sites for hydroxylation is 3. The molecule has 0 aliphatic heterocycles. The first-order valence-corrected chi connectivity index (χ1v) is 7.28. The van der Waals surface area contributed by atoms with Gasteiger partial charge < -0.3 is 14.3 Å². The molecule has 3 rings (SSSR count). The predicted molar refractivity (Wildman–Crippen MR) is 83.8 cm³/mol. The first-order chi connectivity index (χ1) is 11.0. The molecule has 3 aromatic rings. The molecule has 6 heteroatoms. The Kier molecular flexibility index (Phi) is 3.97. The van der Waals surface area contributed by atoms with Crippen LogP contribution < -0.4 is 5.32 Å². The second-order valence-electron chi connectivity index (χ2n) is 5.31. The van der Waals surface area contributed by atoms with E-state index in [4.69, 9.17) is 8.94 Å². The van der Waals surface area contributed by atoms with Crippen molar-refractivity contribution in [2.24, 2.45) is 0 Å². The molecule has 1 N–H and O–H groups in total. The van der Waals surface area contributed by atoms with E-state index in [0.717, 1.165) is 17.1 Å². The lowest BCUT2D eigenvalue weighted by atomic mass is 10.1. The van der Waals surface area contributed by atoms with E-state index < -0.39 is 0 Å². The Hall–Kier alpha value is -2.89. The van der Waals surface area contributed by atoms with Gasteiger partial charge >= 0.3 is 0 Å². The van der Waals surface area contributed by atoms with Crippen LogP contribution in [0.25, 0.3) is 11.5 Å². The number of furan rings is 1. The van der Waals surface area contributed by atoms with Gasteiger partial charge in [0.15, 0.2) is 5.82 Å². The molecule has 1 aromatic carbocycles. The Morgan fingerprint density at radius 3 is 2.65 bits per heavy atom. The van der Waals surface area contributed by atoms with Crippen LogP contribution in [0.4, 0.5) is 0 Å². The van der Waals surface area contributed by atoms with Crippen LogP contribution in [-0.2, 0) is 6.54 Å². The molecule has 0 fully saturated rings. The van der Waals surface area contributed by atoms with Crippen LogP contribution in [0.15, 0.2) is 39.3 Å². The van der Waals surface area contributed by atoms with E-state index in [-0.39, 0.29) is 5.91 Å². The molecule has 0 saturated heterocycles. The molecular weight excluding hydrogens is 294 g/mol. The molecule has 6 nitrogen and oxygen atoms in total. The van der Waals surface area contributed by atoms with Crippen LogP contribution in [0, 0.1) is 20.8 Å². The molecule has 23 heavy (non-hydrogen) atoms. The van der Waals surface area contributed by atoms with Crippen LogP contribution in [0.1, 0.15) is 33.3 Å². The molecule has 0 atom stereocenters. The third kappa shape index (κ3) is 3.15. The lowest BCUT2D eigenvalue weighted by Crippen LogP contribution is -2.23. The Morgan fingerprint density at radius 1 is 1.22 bits per heavy atom. The van der Waals surface area contributed by atoms with Crippen molar-refractivity contribution in [2.45, 2.75) is 27.3 Å². The Bertz CT molecular complexity index is 848. The number of rotatable bonds is 4. The molecule has 0 radical (unpaired) electrons. The molecule has 0 unspecified atom stereocenters. The molecule has 0 aliphatic carbocycles. The summed E-state index contributed by atoms with van der Waals surface area (Å²) >= 11 is 0. The average molecular weight is 311 g/mol. The van der Waals surface area contributed by atoms with E-state index in [9.17, 15) is 4.79 Å². The number of amides is 1. The van der Waals surface area contributed by atoms with Crippen molar-refractivity contribution >= 4 is 5.91 Å². The van der Waals surface area contributed by atoms with Crippen molar-refractivity contribution in [3.05, 3.63) is 58.8 Å². The zero-order valence-corrected chi connectivity index (χ0v) is 13.2. The first-order valence-electron chi connectivity index (χ1n) is 7.28. The van der Waals surface area contributed by atoms with Gasteiger partial charge in [-0.25, -0.2) is 0 Å². The third-order valence-corrected chi connectivity index (χ3v) is 3.51. The fourth-order valence-corrected chi connectivity index (χ4v) is 2.40. The van der Waals surface area contributed by atoms with Crippen LogP contribution in [0.2, 0.25) is 0 Å². The molecule has 0 spiro atoms. The number of carbonyl (C=O) groups is 1. The molecular formula is C17H17N3O3. The summed E-state index contributed by atoms with van der Waals surface area (Å²) in [6.45, 7) is 5.90. The lowest BCUT2D eigenvalue weighted by Gasteiger charge is -2.07. The minimum Gasteiger partial charge on any atom is -0.466 e. The largest absolute Gasteiger partial charge is 0.466 e. The number of nitrogens with zero attached hydrogens (tertiary/aromatic N) is 2. The number of carbonyl (C=O) groups excluding carboxylic acids is 1. The van der Waals surface area contributed by atoms with Gasteiger partial charge in [0.05, 0.1) is 11.1 Å². The Labute approximate surface area is 133 Å². The summed E-state index contributed by atoms with van der Waals surface area (Å²) < 4.78 is 10.6. The van der Waals surface area contributed by atoms with E-state index in [1.165, 1.54) is 0 Å². The summed E-state index contributed by atoms with van der Waals surface area (Å²) in [6.07, 6.45) is 0. The minimum atomic E-state index is -0.199. The summed E-state index contributed by atoms with van der Waals surface area (Å²) in [6, 6.07) is 9.07. The predicted octanol–water partition coefficient (Wildman–Crippen LogP) is 3.18. The maximum absolute atomic E-state index is 12.5. The number of hydrogen-bond acceptors (Lipinski definition) is 5. The average Bonchev–Trinajstić information content (AvgIpc) is 3.10. The zero-order chi connectivity index (χ0) is 16.4. The van der Waals surface area contributed by atoms with Gasteiger partial charge in [0.25, 0.3) is 11.8 Å². The van der Waals surface area contributed by atoms with Crippen LogP contribution in [-0.4, -0.2) is 16.0 Å². The highest BCUT2D eigenvalue weighted by Crippen LogP contribution is 2.22. The summed E-state index contributed by atoms with van der Waals surface area (Å²) in [5.74, 6) is 2.30. The minimum absolute atomic E-state index is 0.199. The molecule has 0 bridgehead atoms. The molecule has 1 amide bonds. The second kappa shape index (κ2) is 6.08. The fourth-order valence-electron chi connectivity index (χ4n) is 2.40. The summed E-state index contributed by atoms with van der Waals surface area (Å²) in [7, 11) is 0. The van der Waals surface area contributed by atoms with Crippen molar-refractivity contribution < 1.29 is 13.7 Å². The van der Waals surface area contributed by atoms with Crippen LogP contribution in [0.3, 0.4) is 0 Å². The molecule has 2 heterocycles. The normalized spacial score (nSPS) is 10.7. The quantitative estimate of drug-likeness (QED) is 0.800. The van der Waals surface area contributed by atoms with E-state index in [1.54, 1.807) is 25.1 Å². The zero-order valence-electron chi connectivity index (χ0n) is 13.2. The lowest BCUT2D eigenvalue weighted by molar-refractivity contribution is 0.0951. The van der Waals surface area contributed by atoms with Gasteiger partial charge in [0, 0.05) is 12.1 Å². The second-order valence-corrected chi connectivity index (χ2v) is 5.31. The molecule has 118 valence electrons. The SMILES string of the molecule is Cc1noc(-c2ccccc2C(=O)NCc2cc(C)oc2C)n1. The third-order valence-electron chi connectivity index (χ3n) is 3.51. The van der Waals surface area contributed by atoms with Gasteiger partial charge in [-0.1, -0.05) is 17.3 Å². The van der Waals surface area contributed by atoms with Gasteiger partial charge in [0.1, 0.15) is 11.5 Å². The number of aromatic nitrogens is 2. The summed E-state index contributed by atoms with van der Waals surface area (Å²) in [5, 5.41) is 6.67. The number of nitrogens with one attached hydrogen (secondary N) is 1. The van der Waals surface area contributed by atoms with E-state index in [1.807, 2.05) is 26.0 Å². The standard InChI is InChI=1S/C17H17N3O3/c1-10-8-13(11(2)22-10)9-18-16(21)14-6-4-5-7-15(14)17-19-12(3)20-23-17/h4-8H,9H2,1-3H3,(H,18,21). The highest BCUT2D eigenvalue weighted by atomic mass is 16.5. The molecule has 0 saturated carbocycles. The smallest absolute Gasteiger partial charge is 0.258 e. The highest BCUT2D eigenvalue weighted by molar-refractivity contribution is 5.99. The monoisotopic (exact) mass is 311 g/mol. The van der Waals surface area contributed by atoms with Gasteiger partial charge in [-0.2, -0.15) is 4.98 Å². The van der Waals surface area contributed by atoms with Crippen molar-refractivity contribution in [1.82, 2.24) is 15.5 Å².